The van der Waals surface area contributed by atoms with Crippen LogP contribution in [0, 0.1) is 20.8 Å². The number of ether oxygens (including phenoxy) is 1. The summed E-state index contributed by atoms with van der Waals surface area (Å²) in [5, 5.41) is 8.68. The fourth-order valence-electron chi connectivity index (χ4n) is 3.46. The Labute approximate surface area is 176 Å². The van der Waals surface area contributed by atoms with E-state index in [1.807, 2.05) is 59.8 Å². The van der Waals surface area contributed by atoms with Crippen molar-refractivity contribution in [2.75, 3.05) is 37.7 Å². The molecule has 3 heterocycles. The highest BCUT2D eigenvalue weighted by Crippen LogP contribution is 2.18. The number of imidazole rings is 1. The predicted octanol–water partition coefficient (Wildman–Crippen LogP) is 2.32. The van der Waals surface area contributed by atoms with Gasteiger partial charge in [0.2, 0.25) is 0 Å². The van der Waals surface area contributed by atoms with Gasteiger partial charge in [-0.25, -0.2) is 4.98 Å². The number of piperazine rings is 1. The molecule has 1 amide bonds. The highest BCUT2D eigenvalue weighted by Gasteiger charge is 2.22. The third-order valence-electron chi connectivity index (χ3n) is 5.51. The van der Waals surface area contributed by atoms with E-state index < -0.39 is 0 Å². The van der Waals surface area contributed by atoms with Crippen molar-refractivity contribution in [2.24, 2.45) is 0 Å². The molecule has 1 aliphatic heterocycles. The Hall–Kier alpha value is -3.42. The van der Waals surface area contributed by atoms with Gasteiger partial charge >= 0.3 is 0 Å². The second-order valence-electron chi connectivity index (χ2n) is 7.50. The number of amides is 1. The van der Waals surface area contributed by atoms with Crippen LogP contribution in [0.2, 0.25) is 0 Å². The van der Waals surface area contributed by atoms with Gasteiger partial charge in [-0.1, -0.05) is 6.07 Å². The summed E-state index contributed by atoms with van der Waals surface area (Å²) in [6.07, 6.45) is 3.61. The third-order valence-corrected chi connectivity index (χ3v) is 5.51. The van der Waals surface area contributed by atoms with Crippen molar-refractivity contribution >= 4 is 11.7 Å². The lowest BCUT2D eigenvalue weighted by Crippen LogP contribution is -2.50. The summed E-state index contributed by atoms with van der Waals surface area (Å²) in [4.78, 5) is 20.7. The first-order chi connectivity index (χ1) is 14.5. The van der Waals surface area contributed by atoms with Crippen molar-refractivity contribution in [3.05, 3.63) is 59.7 Å². The van der Waals surface area contributed by atoms with Crippen molar-refractivity contribution in [3.8, 4) is 11.6 Å². The van der Waals surface area contributed by atoms with Crippen LogP contribution in [-0.2, 0) is 4.79 Å². The predicted molar refractivity (Wildman–Crippen MR) is 114 cm³/mol. The van der Waals surface area contributed by atoms with Crippen LogP contribution in [0.25, 0.3) is 5.82 Å². The summed E-state index contributed by atoms with van der Waals surface area (Å²) in [6.45, 7) is 8.78. The molecule has 156 valence electrons. The van der Waals surface area contributed by atoms with E-state index >= 15 is 0 Å². The summed E-state index contributed by atoms with van der Waals surface area (Å²) in [5.74, 6) is 3.16. The van der Waals surface area contributed by atoms with Crippen molar-refractivity contribution in [1.29, 1.82) is 0 Å². The quantitative estimate of drug-likeness (QED) is 0.647. The lowest BCUT2D eigenvalue weighted by molar-refractivity contribution is -0.133. The number of rotatable bonds is 5. The van der Waals surface area contributed by atoms with Crippen LogP contribution < -0.4 is 9.64 Å². The van der Waals surface area contributed by atoms with Gasteiger partial charge in [-0.2, -0.15) is 0 Å². The molecule has 1 fully saturated rings. The summed E-state index contributed by atoms with van der Waals surface area (Å²) in [5.41, 5.74) is 2.37. The minimum absolute atomic E-state index is 0.00453. The van der Waals surface area contributed by atoms with Crippen molar-refractivity contribution < 1.29 is 9.53 Å². The van der Waals surface area contributed by atoms with Crippen molar-refractivity contribution in [1.82, 2.24) is 24.6 Å². The third kappa shape index (κ3) is 4.27. The van der Waals surface area contributed by atoms with Crippen LogP contribution in [0.1, 0.15) is 17.0 Å². The first-order valence-corrected chi connectivity index (χ1v) is 10.1. The average molecular weight is 406 g/mol. The van der Waals surface area contributed by atoms with Gasteiger partial charge in [0.1, 0.15) is 11.6 Å². The number of carbonyl (C=O) groups excluding carboxylic acids is 1. The van der Waals surface area contributed by atoms with Crippen molar-refractivity contribution in [2.45, 2.75) is 20.8 Å². The summed E-state index contributed by atoms with van der Waals surface area (Å²) in [6, 6.07) is 9.78. The van der Waals surface area contributed by atoms with E-state index in [0.717, 1.165) is 28.8 Å². The number of benzene rings is 1. The minimum atomic E-state index is 0.00453. The van der Waals surface area contributed by atoms with E-state index in [1.54, 1.807) is 6.20 Å². The summed E-state index contributed by atoms with van der Waals surface area (Å²) < 4.78 is 7.58. The monoisotopic (exact) mass is 406 g/mol. The zero-order chi connectivity index (χ0) is 21.1. The zero-order valence-corrected chi connectivity index (χ0v) is 17.6. The Morgan fingerprint density at radius 3 is 2.33 bits per heavy atom. The maximum Gasteiger partial charge on any atom is 0.260 e. The van der Waals surface area contributed by atoms with Gasteiger partial charge in [0, 0.05) is 38.6 Å². The number of carbonyl (C=O) groups is 1. The van der Waals surface area contributed by atoms with Gasteiger partial charge in [0.05, 0.1) is 0 Å². The molecular formula is C22H26N6O2. The molecule has 0 atom stereocenters. The Morgan fingerprint density at radius 1 is 0.967 bits per heavy atom. The number of anilines is 1. The molecule has 0 unspecified atom stereocenters. The van der Waals surface area contributed by atoms with Gasteiger partial charge in [-0.05, 0) is 56.2 Å². The molecule has 4 rings (SSSR count). The zero-order valence-electron chi connectivity index (χ0n) is 17.6. The van der Waals surface area contributed by atoms with E-state index in [2.05, 4.69) is 27.0 Å². The molecule has 0 saturated carbocycles. The summed E-state index contributed by atoms with van der Waals surface area (Å²) >= 11 is 0. The normalized spacial score (nSPS) is 14.1. The Morgan fingerprint density at radius 2 is 1.70 bits per heavy atom. The molecule has 8 nitrogen and oxygen atoms in total. The number of hydrogen-bond donors (Lipinski definition) is 0. The fraction of sp³-hybridized carbons (Fsp3) is 0.364. The maximum absolute atomic E-state index is 12.5. The molecule has 1 aliphatic rings. The number of aromatic nitrogens is 4. The number of nitrogens with zero attached hydrogens (tertiary/aromatic N) is 6. The highest BCUT2D eigenvalue weighted by molar-refractivity contribution is 5.78. The highest BCUT2D eigenvalue weighted by atomic mass is 16.5. The summed E-state index contributed by atoms with van der Waals surface area (Å²) in [7, 11) is 0. The first kappa shape index (κ1) is 19.9. The van der Waals surface area contributed by atoms with E-state index in [0.29, 0.717) is 26.2 Å². The Kier molecular flexibility index (Phi) is 5.65. The molecule has 1 aromatic carbocycles. The van der Waals surface area contributed by atoms with E-state index in [1.165, 1.54) is 5.56 Å². The van der Waals surface area contributed by atoms with Gasteiger partial charge in [-0.15, -0.1) is 10.2 Å². The molecule has 0 N–H and O–H groups in total. The molecule has 0 radical (unpaired) electrons. The van der Waals surface area contributed by atoms with Crippen LogP contribution >= 0.6 is 0 Å². The first-order valence-electron chi connectivity index (χ1n) is 10.1. The minimum Gasteiger partial charge on any atom is -0.484 e. The van der Waals surface area contributed by atoms with Crippen LogP contribution in [0.15, 0.2) is 42.7 Å². The lowest BCUT2D eigenvalue weighted by atomic mass is 10.1. The van der Waals surface area contributed by atoms with Gasteiger partial charge in [-0.3, -0.25) is 9.36 Å². The van der Waals surface area contributed by atoms with Gasteiger partial charge in [0.15, 0.2) is 18.2 Å². The van der Waals surface area contributed by atoms with Gasteiger partial charge < -0.3 is 14.5 Å². The lowest BCUT2D eigenvalue weighted by Gasteiger charge is -2.35. The molecule has 8 heteroatoms. The molecule has 0 spiro atoms. The molecular weight excluding hydrogens is 380 g/mol. The molecule has 30 heavy (non-hydrogen) atoms. The Balaban J connectivity index is 1.29. The molecule has 1 saturated heterocycles. The average Bonchev–Trinajstić information content (AvgIpc) is 3.20. The standard InChI is InChI=1S/C22H26N6O2/c1-16-4-5-19(14-17(16)2)30-15-22(29)27-12-10-26(11-13-27)20-6-7-21(25-24-20)28-9-8-23-18(28)3/h4-9,14H,10-13,15H2,1-3H3. The maximum atomic E-state index is 12.5. The smallest absolute Gasteiger partial charge is 0.260 e. The van der Waals surface area contributed by atoms with Crippen LogP contribution in [0.3, 0.4) is 0 Å². The molecule has 2 aromatic heterocycles. The number of aryl methyl sites for hydroxylation is 3. The SMILES string of the molecule is Cc1ccc(OCC(=O)N2CCN(c3ccc(-n4ccnc4C)nn3)CC2)cc1C. The topological polar surface area (TPSA) is 76.4 Å². The fourth-order valence-corrected chi connectivity index (χ4v) is 3.46. The second-order valence-corrected chi connectivity index (χ2v) is 7.50. The van der Waals surface area contributed by atoms with E-state index in [-0.39, 0.29) is 12.5 Å². The van der Waals surface area contributed by atoms with Crippen LogP contribution in [0.4, 0.5) is 5.82 Å². The van der Waals surface area contributed by atoms with Gasteiger partial charge in [0.25, 0.3) is 5.91 Å². The molecule has 3 aromatic rings. The number of hydrogen-bond acceptors (Lipinski definition) is 6. The van der Waals surface area contributed by atoms with Crippen LogP contribution in [-0.4, -0.2) is 63.3 Å². The molecule has 0 aliphatic carbocycles. The van der Waals surface area contributed by atoms with E-state index in [9.17, 15) is 4.79 Å². The van der Waals surface area contributed by atoms with Crippen molar-refractivity contribution in [3.63, 3.8) is 0 Å². The largest absolute Gasteiger partial charge is 0.484 e. The van der Waals surface area contributed by atoms with Crippen LogP contribution in [0.5, 0.6) is 5.75 Å². The molecule has 0 bridgehead atoms. The Bertz CT molecular complexity index is 1020. The second kappa shape index (κ2) is 8.52. The van der Waals surface area contributed by atoms with E-state index in [4.69, 9.17) is 4.74 Å².